The van der Waals surface area contributed by atoms with Crippen LogP contribution in [0.2, 0.25) is 0 Å². The molecular weight excluding hydrogens is 342 g/mol. The van der Waals surface area contributed by atoms with Crippen LogP contribution >= 0.6 is 11.3 Å². The lowest BCUT2D eigenvalue weighted by atomic mass is 9.83. The van der Waals surface area contributed by atoms with Crippen LogP contribution in [0, 0.1) is 5.92 Å². The second kappa shape index (κ2) is 5.82. The van der Waals surface area contributed by atoms with Crippen LogP contribution in [-0.2, 0) is 14.3 Å². The van der Waals surface area contributed by atoms with Crippen LogP contribution in [0.4, 0.5) is 0 Å². The molecule has 7 nitrogen and oxygen atoms in total. The number of ether oxygens (including phenoxy) is 1. The van der Waals surface area contributed by atoms with E-state index in [4.69, 9.17) is 4.74 Å². The molecule has 0 saturated carbocycles. The minimum Gasteiger partial charge on any atom is -0.457 e. The summed E-state index contributed by atoms with van der Waals surface area (Å²) >= 11 is 1.54. The number of thiazole rings is 1. The first-order chi connectivity index (χ1) is 12.0. The van der Waals surface area contributed by atoms with Crippen molar-refractivity contribution in [2.75, 3.05) is 6.61 Å². The van der Waals surface area contributed by atoms with Crippen molar-refractivity contribution < 1.29 is 19.4 Å². The summed E-state index contributed by atoms with van der Waals surface area (Å²) in [5.41, 5.74) is 0.904. The van der Waals surface area contributed by atoms with Gasteiger partial charge >= 0.3 is 5.97 Å². The zero-order valence-electron chi connectivity index (χ0n) is 13.6. The second-order valence-electron chi connectivity index (χ2n) is 6.15. The minimum atomic E-state index is -0.764. The number of hydrogen-bond acceptors (Lipinski definition) is 6. The zero-order chi connectivity index (χ0) is 17.7. The third-order valence-electron chi connectivity index (χ3n) is 4.69. The van der Waals surface area contributed by atoms with Crippen molar-refractivity contribution in [2.24, 2.45) is 5.92 Å². The second-order valence-corrected chi connectivity index (χ2v) is 7.08. The molecule has 1 fully saturated rings. The number of imidazole rings is 1. The number of aliphatic hydroxyl groups is 1. The van der Waals surface area contributed by atoms with Gasteiger partial charge in [-0.15, -0.1) is 11.3 Å². The van der Waals surface area contributed by atoms with Gasteiger partial charge in [-0.2, -0.15) is 0 Å². The number of nitrogens with zero attached hydrogens (tertiary/aromatic N) is 3. The molecular formula is C17H17N3O4S. The Morgan fingerprint density at radius 3 is 3.16 bits per heavy atom. The van der Waals surface area contributed by atoms with Crippen molar-refractivity contribution in [1.29, 1.82) is 0 Å². The summed E-state index contributed by atoms with van der Waals surface area (Å²) in [4.78, 5) is 31.9. The number of aromatic nitrogens is 2. The normalized spacial score (nSPS) is 23.6. The lowest BCUT2D eigenvalue weighted by molar-refractivity contribution is -0.162. The van der Waals surface area contributed by atoms with Gasteiger partial charge in [0.2, 0.25) is 5.91 Å². The summed E-state index contributed by atoms with van der Waals surface area (Å²) < 4.78 is 7.09. The molecule has 2 aliphatic heterocycles. The van der Waals surface area contributed by atoms with E-state index in [2.05, 4.69) is 11.6 Å². The smallest absolute Gasteiger partial charge is 0.355 e. The Hall–Kier alpha value is -2.45. The minimum absolute atomic E-state index is 0.0671. The molecule has 0 radical (unpaired) electrons. The Kier molecular flexibility index (Phi) is 3.73. The summed E-state index contributed by atoms with van der Waals surface area (Å²) in [5.74, 6) is -0.688. The van der Waals surface area contributed by atoms with Crippen LogP contribution in [0.25, 0.3) is 10.4 Å². The van der Waals surface area contributed by atoms with Gasteiger partial charge in [0.25, 0.3) is 0 Å². The van der Waals surface area contributed by atoms with E-state index >= 15 is 0 Å². The van der Waals surface area contributed by atoms with Crippen LogP contribution in [0.3, 0.4) is 0 Å². The maximum absolute atomic E-state index is 12.6. The fraction of sp³-hybridized carbons (Fsp3) is 0.353. The fourth-order valence-electron chi connectivity index (χ4n) is 3.62. The number of rotatable bonds is 5. The van der Waals surface area contributed by atoms with Gasteiger partial charge in [0.1, 0.15) is 23.0 Å². The van der Waals surface area contributed by atoms with E-state index in [1.807, 2.05) is 16.0 Å². The average molecular weight is 359 g/mol. The third kappa shape index (κ3) is 2.25. The lowest BCUT2D eigenvalue weighted by Gasteiger charge is -2.44. The largest absolute Gasteiger partial charge is 0.457 e. The number of hydrogen-bond donors (Lipinski definition) is 1. The standard InChI is InChI=1S/C17H17N3O4S/c1-3-5-24-17(23)14-10(15-18-8-12-19(15)4-6-25-12)7-11-13(9(2)21)16(22)20(11)14/h3-4,6,8-9,11,13,21H,1,5,7H2,2H3/t9-,11-,13-/m1/s1. The molecule has 1 amide bonds. The molecule has 0 unspecified atom stereocenters. The van der Waals surface area contributed by atoms with Crippen LogP contribution in [0.15, 0.2) is 36.1 Å². The highest BCUT2D eigenvalue weighted by Gasteiger charge is 2.57. The molecule has 8 heteroatoms. The molecule has 1 saturated heterocycles. The lowest BCUT2D eigenvalue weighted by Crippen LogP contribution is -2.61. The SMILES string of the molecule is C=CCOC(=O)C1=C(c2ncc3sccn23)C[C@@H]2[C@@H]([C@@H](C)O)C(=O)N12. The van der Waals surface area contributed by atoms with E-state index in [1.54, 1.807) is 24.5 Å². The van der Waals surface area contributed by atoms with Gasteiger partial charge in [-0.1, -0.05) is 12.7 Å². The highest BCUT2D eigenvalue weighted by Crippen LogP contribution is 2.47. The fourth-order valence-corrected chi connectivity index (χ4v) is 4.32. The topological polar surface area (TPSA) is 84.1 Å². The van der Waals surface area contributed by atoms with Gasteiger partial charge in [-0.3, -0.25) is 9.20 Å². The molecule has 1 N–H and O–H groups in total. The van der Waals surface area contributed by atoms with E-state index in [1.165, 1.54) is 11.0 Å². The number of esters is 1. The van der Waals surface area contributed by atoms with Crippen molar-refractivity contribution in [2.45, 2.75) is 25.5 Å². The molecule has 0 bridgehead atoms. The Labute approximate surface area is 147 Å². The number of amides is 1. The van der Waals surface area contributed by atoms with E-state index in [9.17, 15) is 14.7 Å². The van der Waals surface area contributed by atoms with E-state index in [0.717, 1.165) is 4.83 Å². The van der Waals surface area contributed by atoms with Gasteiger partial charge in [0, 0.05) is 23.6 Å². The van der Waals surface area contributed by atoms with Gasteiger partial charge in [-0.25, -0.2) is 9.78 Å². The number of carbonyl (C=O) groups is 2. The van der Waals surface area contributed by atoms with Gasteiger partial charge in [-0.05, 0) is 6.92 Å². The first-order valence-corrected chi connectivity index (χ1v) is 8.85. The molecule has 4 heterocycles. The van der Waals surface area contributed by atoms with Crippen LogP contribution < -0.4 is 0 Å². The van der Waals surface area contributed by atoms with E-state index < -0.39 is 18.0 Å². The van der Waals surface area contributed by atoms with Gasteiger partial charge in [0.15, 0.2) is 0 Å². The number of aliphatic hydroxyl groups excluding tert-OH is 1. The summed E-state index contributed by atoms with van der Waals surface area (Å²) in [6.45, 7) is 5.20. The average Bonchev–Trinajstić information content (AvgIpc) is 3.24. The van der Waals surface area contributed by atoms with Gasteiger partial charge in [0.05, 0.1) is 24.3 Å². The summed E-state index contributed by atoms with van der Waals surface area (Å²) in [5, 5.41) is 11.8. The molecule has 2 aromatic rings. The monoisotopic (exact) mass is 359 g/mol. The number of carbonyl (C=O) groups excluding carboxylic acids is 2. The molecule has 0 aliphatic carbocycles. The maximum Gasteiger partial charge on any atom is 0.355 e. The Balaban J connectivity index is 1.79. The first kappa shape index (κ1) is 16.0. The van der Waals surface area contributed by atoms with E-state index in [0.29, 0.717) is 17.8 Å². The van der Waals surface area contributed by atoms with Crippen LogP contribution in [-0.4, -0.2) is 50.0 Å². The molecule has 0 spiro atoms. The molecule has 2 aliphatic rings. The summed E-state index contributed by atoms with van der Waals surface area (Å²) in [7, 11) is 0. The maximum atomic E-state index is 12.6. The predicted octanol–water partition coefficient (Wildman–Crippen LogP) is 1.45. The van der Waals surface area contributed by atoms with Crippen LogP contribution in [0.1, 0.15) is 19.2 Å². The first-order valence-electron chi connectivity index (χ1n) is 7.97. The predicted molar refractivity (Wildman–Crippen MR) is 91.6 cm³/mol. The molecule has 25 heavy (non-hydrogen) atoms. The van der Waals surface area contributed by atoms with E-state index in [-0.39, 0.29) is 24.3 Å². The van der Waals surface area contributed by atoms with Crippen molar-refractivity contribution >= 4 is 33.6 Å². The third-order valence-corrected chi connectivity index (χ3v) is 5.49. The Morgan fingerprint density at radius 2 is 2.44 bits per heavy atom. The quantitative estimate of drug-likeness (QED) is 0.496. The van der Waals surface area contributed by atoms with Crippen LogP contribution in [0.5, 0.6) is 0 Å². The zero-order valence-corrected chi connectivity index (χ0v) is 14.4. The van der Waals surface area contributed by atoms with Crippen molar-refractivity contribution in [3.63, 3.8) is 0 Å². The van der Waals surface area contributed by atoms with Crippen molar-refractivity contribution in [3.8, 4) is 0 Å². The molecule has 4 rings (SSSR count). The molecule has 2 aromatic heterocycles. The number of β-lactam (4-membered cyclic amide) rings is 1. The Bertz CT molecular complexity index is 910. The molecule has 0 aromatic carbocycles. The number of fused-ring (bicyclic) bond motifs is 2. The van der Waals surface area contributed by atoms with Crippen molar-refractivity contribution in [1.82, 2.24) is 14.3 Å². The summed E-state index contributed by atoms with van der Waals surface area (Å²) in [6.07, 6.45) is 4.80. The highest BCUT2D eigenvalue weighted by molar-refractivity contribution is 7.15. The summed E-state index contributed by atoms with van der Waals surface area (Å²) in [6, 6.07) is -0.236. The van der Waals surface area contributed by atoms with Crippen molar-refractivity contribution in [3.05, 3.63) is 42.0 Å². The molecule has 130 valence electrons. The molecule has 3 atom stereocenters. The van der Waals surface area contributed by atoms with Gasteiger partial charge < -0.3 is 14.7 Å². The highest BCUT2D eigenvalue weighted by atomic mass is 32.1. The Morgan fingerprint density at radius 1 is 1.64 bits per heavy atom.